The van der Waals surface area contributed by atoms with E-state index in [1.165, 1.54) is 25.3 Å². The fraction of sp³-hybridized carbons (Fsp3) is 0.571. The van der Waals surface area contributed by atoms with Crippen LogP contribution in [0.15, 0.2) is 18.2 Å². The SMILES string of the molecule is OB(O)c1ccc(CN2CC3CCCC3C2)c(F)c1. The first-order valence-electron chi connectivity index (χ1n) is 7.00. The summed E-state index contributed by atoms with van der Waals surface area (Å²) in [7, 11) is -1.60. The number of benzene rings is 1. The van der Waals surface area contributed by atoms with Crippen LogP contribution < -0.4 is 5.46 Å². The summed E-state index contributed by atoms with van der Waals surface area (Å²) in [6, 6.07) is 4.47. The summed E-state index contributed by atoms with van der Waals surface area (Å²) in [5.41, 5.74) is 0.851. The van der Waals surface area contributed by atoms with Crippen LogP contribution in [-0.2, 0) is 6.54 Å². The quantitative estimate of drug-likeness (QED) is 0.790. The summed E-state index contributed by atoms with van der Waals surface area (Å²) in [6.45, 7) is 2.78. The molecule has 0 aromatic heterocycles. The van der Waals surface area contributed by atoms with Crippen molar-refractivity contribution in [2.24, 2.45) is 11.8 Å². The second kappa shape index (κ2) is 5.23. The summed E-state index contributed by atoms with van der Waals surface area (Å²) < 4.78 is 13.9. The summed E-state index contributed by atoms with van der Waals surface area (Å²) >= 11 is 0. The normalized spacial score (nSPS) is 26.7. The maximum absolute atomic E-state index is 13.9. The van der Waals surface area contributed by atoms with Gasteiger partial charge in [0.1, 0.15) is 5.82 Å². The molecule has 0 radical (unpaired) electrons. The minimum absolute atomic E-state index is 0.208. The summed E-state index contributed by atoms with van der Waals surface area (Å²) in [6.07, 6.45) is 3.99. The molecular weight excluding hydrogens is 244 g/mol. The van der Waals surface area contributed by atoms with Crippen molar-refractivity contribution in [1.29, 1.82) is 0 Å². The highest BCUT2D eigenvalue weighted by Crippen LogP contribution is 2.38. The van der Waals surface area contributed by atoms with E-state index in [4.69, 9.17) is 10.0 Å². The van der Waals surface area contributed by atoms with Gasteiger partial charge in [0, 0.05) is 25.2 Å². The van der Waals surface area contributed by atoms with Gasteiger partial charge in [-0.1, -0.05) is 18.6 Å². The van der Waals surface area contributed by atoms with Crippen LogP contribution in [0.2, 0.25) is 0 Å². The molecule has 1 aliphatic carbocycles. The topological polar surface area (TPSA) is 43.7 Å². The minimum Gasteiger partial charge on any atom is -0.423 e. The molecule has 0 spiro atoms. The number of likely N-dealkylation sites (tertiary alicyclic amines) is 1. The molecular formula is C14H19BFNO2. The fourth-order valence-corrected chi connectivity index (χ4v) is 3.55. The van der Waals surface area contributed by atoms with E-state index in [1.54, 1.807) is 12.1 Å². The smallest absolute Gasteiger partial charge is 0.423 e. The maximum Gasteiger partial charge on any atom is 0.488 e. The Hall–Kier alpha value is -0.905. The van der Waals surface area contributed by atoms with E-state index in [9.17, 15) is 4.39 Å². The van der Waals surface area contributed by atoms with Crippen molar-refractivity contribution in [3.63, 3.8) is 0 Å². The van der Waals surface area contributed by atoms with Crippen molar-refractivity contribution in [2.45, 2.75) is 25.8 Å². The van der Waals surface area contributed by atoms with E-state index in [0.717, 1.165) is 24.9 Å². The zero-order valence-electron chi connectivity index (χ0n) is 10.9. The number of hydrogen-bond donors (Lipinski definition) is 2. The van der Waals surface area contributed by atoms with Crippen LogP contribution >= 0.6 is 0 Å². The van der Waals surface area contributed by atoms with Gasteiger partial charge in [0.2, 0.25) is 0 Å². The van der Waals surface area contributed by atoms with E-state index in [-0.39, 0.29) is 11.3 Å². The summed E-state index contributed by atoms with van der Waals surface area (Å²) in [4.78, 5) is 2.32. The lowest BCUT2D eigenvalue weighted by Gasteiger charge is -2.17. The van der Waals surface area contributed by atoms with E-state index >= 15 is 0 Å². The van der Waals surface area contributed by atoms with Gasteiger partial charge in [0.05, 0.1) is 0 Å². The van der Waals surface area contributed by atoms with Gasteiger partial charge in [0.15, 0.2) is 0 Å². The Labute approximate surface area is 113 Å². The lowest BCUT2D eigenvalue weighted by Crippen LogP contribution is -2.30. The molecule has 1 aromatic rings. The van der Waals surface area contributed by atoms with Crippen LogP contribution in [0.3, 0.4) is 0 Å². The standard InChI is InChI=1S/C14H19BFNO2/c16-14-6-13(15(18)19)5-4-12(14)9-17-7-10-2-1-3-11(10)8-17/h4-6,10-11,18-19H,1-3,7-9H2. The van der Waals surface area contributed by atoms with Crippen molar-refractivity contribution >= 4 is 12.6 Å². The van der Waals surface area contributed by atoms with Crippen molar-refractivity contribution < 1.29 is 14.4 Å². The van der Waals surface area contributed by atoms with Gasteiger partial charge in [0.25, 0.3) is 0 Å². The van der Waals surface area contributed by atoms with Crippen LogP contribution in [0.1, 0.15) is 24.8 Å². The molecule has 3 nitrogen and oxygen atoms in total. The molecule has 2 atom stereocenters. The minimum atomic E-state index is -1.60. The third-order valence-electron chi connectivity index (χ3n) is 4.57. The molecule has 0 amide bonds. The molecule has 19 heavy (non-hydrogen) atoms. The molecule has 2 unspecified atom stereocenters. The first-order chi connectivity index (χ1) is 9.13. The average molecular weight is 263 g/mol. The molecule has 2 N–H and O–H groups in total. The molecule has 1 aromatic carbocycles. The van der Waals surface area contributed by atoms with Crippen molar-refractivity contribution in [1.82, 2.24) is 4.90 Å². The van der Waals surface area contributed by atoms with E-state index in [1.807, 2.05) is 0 Å². The largest absolute Gasteiger partial charge is 0.488 e. The number of halogens is 1. The highest BCUT2D eigenvalue weighted by atomic mass is 19.1. The molecule has 3 rings (SSSR count). The first-order valence-corrected chi connectivity index (χ1v) is 7.00. The highest BCUT2D eigenvalue weighted by Gasteiger charge is 2.35. The van der Waals surface area contributed by atoms with E-state index < -0.39 is 7.12 Å². The van der Waals surface area contributed by atoms with Gasteiger partial charge < -0.3 is 10.0 Å². The van der Waals surface area contributed by atoms with Gasteiger partial charge in [-0.15, -0.1) is 0 Å². The molecule has 2 aliphatic rings. The number of hydrogen-bond acceptors (Lipinski definition) is 3. The van der Waals surface area contributed by atoms with Gasteiger partial charge in [-0.05, 0) is 36.2 Å². The number of nitrogens with zero attached hydrogens (tertiary/aromatic N) is 1. The van der Waals surface area contributed by atoms with Gasteiger partial charge >= 0.3 is 7.12 Å². The van der Waals surface area contributed by atoms with Crippen LogP contribution in [0.25, 0.3) is 0 Å². The third kappa shape index (κ3) is 2.68. The van der Waals surface area contributed by atoms with Gasteiger partial charge in [-0.3, -0.25) is 4.90 Å². The van der Waals surface area contributed by atoms with Crippen LogP contribution in [0.4, 0.5) is 4.39 Å². The van der Waals surface area contributed by atoms with Crippen molar-refractivity contribution in [3.8, 4) is 0 Å². The molecule has 1 saturated heterocycles. The fourth-order valence-electron chi connectivity index (χ4n) is 3.55. The van der Waals surface area contributed by atoms with E-state index in [0.29, 0.717) is 12.1 Å². The van der Waals surface area contributed by atoms with Crippen LogP contribution in [-0.4, -0.2) is 35.2 Å². The second-order valence-corrected chi connectivity index (χ2v) is 5.87. The highest BCUT2D eigenvalue weighted by molar-refractivity contribution is 6.58. The lowest BCUT2D eigenvalue weighted by atomic mass is 9.80. The molecule has 1 aliphatic heterocycles. The Morgan fingerprint density at radius 1 is 1.21 bits per heavy atom. The zero-order valence-corrected chi connectivity index (χ0v) is 10.9. The predicted molar refractivity (Wildman–Crippen MR) is 72.3 cm³/mol. The zero-order chi connectivity index (χ0) is 13.4. The van der Waals surface area contributed by atoms with Crippen LogP contribution in [0, 0.1) is 17.7 Å². The molecule has 0 bridgehead atoms. The average Bonchev–Trinajstić information content (AvgIpc) is 2.92. The Morgan fingerprint density at radius 3 is 2.47 bits per heavy atom. The first kappa shape index (κ1) is 13.1. The molecule has 102 valence electrons. The van der Waals surface area contributed by atoms with E-state index in [2.05, 4.69) is 4.90 Å². The maximum atomic E-state index is 13.9. The van der Waals surface area contributed by atoms with Gasteiger partial charge in [-0.2, -0.15) is 0 Å². The third-order valence-corrected chi connectivity index (χ3v) is 4.57. The molecule has 1 heterocycles. The Kier molecular flexibility index (Phi) is 3.61. The van der Waals surface area contributed by atoms with Crippen molar-refractivity contribution in [2.75, 3.05) is 13.1 Å². The van der Waals surface area contributed by atoms with Gasteiger partial charge in [-0.25, -0.2) is 4.39 Å². The lowest BCUT2D eigenvalue weighted by molar-refractivity contribution is 0.299. The monoisotopic (exact) mass is 263 g/mol. The predicted octanol–water partition coefficient (Wildman–Crippen LogP) is 0.737. The van der Waals surface area contributed by atoms with Crippen LogP contribution in [0.5, 0.6) is 0 Å². The second-order valence-electron chi connectivity index (χ2n) is 5.87. The Balaban J connectivity index is 1.67. The molecule has 2 fully saturated rings. The molecule has 5 heteroatoms. The number of fused-ring (bicyclic) bond motifs is 1. The Bertz CT molecular complexity index is 457. The Morgan fingerprint density at radius 2 is 1.89 bits per heavy atom. The molecule has 1 saturated carbocycles. The summed E-state index contributed by atoms with van der Waals surface area (Å²) in [5, 5.41) is 18.0. The van der Waals surface area contributed by atoms with Crippen molar-refractivity contribution in [3.05, 3.63) is 29.6 Å². The number of rotatable bonds is 3. The summed E-state index contributed by atoms with van der Waals surface area (Å²) in [5.74, 6) is 1.27.